The van der Waals surface area contributed by atoms with E-state index in [4.69, 9.17) is 0 Å². The number of hydrogen-bond acceptors (Lipinski definition) is 4. The number of imide groups is 1. The Bertz CT molecular complexity index is 363. The van der Waals surface area contributed by atoms with Gasteiger partial charge < -0.3 is 5.21 Å². The summed E-state index contributed by atoms with van der Waals surface area (Å²) in [5, 5.41) is 11.0. The highest BCUT2D eigenvalue weighted by atomic mass is 16.5. The molecule has 1 rings (SSSR count). The normalized spacial score (nSPS) is 21.9. The van der Waals surface area contributed by atoms with Crippen LogP contribution in [0.4, 0.5) is 0 Å². The van der Waals surface area contributed by atoms with Crippen molar-refractivity contribution < 1.29 is 14.8 Å². The predicted molar refractivity (Wildman–Crippen MR) is 81.9 cm³/mol. The molecule has 5 nitrogen and oxygen atoms in total. The lowest BCUT2D eigenvalue weighted by Crippen LogP contribution is -2.72. The summed E-state index contributed by atoms with van der Waals surface area (Å²) in [7, 11) is 0. The molecule has 1 N–H and O–H groups in total. The Labute approximate surface area is 128 Å². The molecule has 0 bridgehead atoms. The zero-order chi connectivity index (χ0) is 16.3. The van der Waals surface area contributed by atoms with Crippen molar-refractivity contribution in [2.24, 2.45) is 0 Å². The van der Waals surface area contributed by atoms with Gasteiger partial charge in [-0.3, -0.25) is 14.5 Å². The van der Waals surface area contributed by atoms with Crippen LogP contribution >= 0.6 is 0 Å². The average Bonchev–Trinajstić information content (AvgIpc) is 2.43. The lowest BCUT2D eigenvalue weighted by Gasteiger charge is -2.49. The molecule has 0 aromatic carbocycles. The van der Waals surface area contributed by atoms with Gasteiger partial charge in [0.25, 0.3) is 11.8 Å². The number of hydrogen-bond donors (Lipinski definition) is 1. The molecule has 5 heteroatoms. The molecular weight excluding hydrogens is 268 g/mol. The summed E-state index contributed by atoms with van der Waals surface area (Å²) in [6, 6.07) is 0. The number of unbranched alkanes of at least 4 members (excludes halogenated alkanes) is 5. The highest BCUT2D eigenvalue weighted by molar-refractivity contribution is 6.05. The van der Waals surface area contributed by atoms with Gasteiger partial charge in [0.15, 0.2) is 0 Å². The Morgan fingerprint density at radius 1 is 0.857 bits per heavy atom. The van der Waals surface area contributed by atoms with Crippen LogP contribution in [0.15, 0.2) is 0 Å². The second kappa shape index (κ2) is 6.88. The van der Waals surface area contributed by atoms with Crippen molar-refractivity contribution in [1.29, 1.82) is 0 Å². The second-order valence-electron chi connectivity index (χ2n) is 6.96. The van der Waals surface area contributed by atoms with Crippen molar-refractivity contribution in [2.45, 2.75) is 84.2 Å². The van der Waals surface area contributed by atoms with E-state index in [1.807, 2.05) is 0 Å². The quantitative estimate of drug-likeness (QED) is 0.580. The Hall–Kier alpha value is -0.940. The summed E-state index contributed by atoms with van der Waals surface area (Å²) >= 11 is 0. The van der Waals surface area contributed by atoms with Crippen LogP contribution in [-0.2, 0) is 9.59 Å². The molecule has 1 aliphatic heterocycles. The Morgan fingerprint density at radius 3 is 1.76 bits per heavy atom. The number of piperazine rings is 1. The average molecular weight is 298 g/mol. The first-order valence-electron chi connectivity index (χ1n) is 8.03. The first kappa shape index (κ1) is 18.1. The number of nitrogens with zero attached hydrogens (tertiary/aromatic N) is 2. The van der Waals surface area contributed by atoms with Gasteiger partial charge in [0.05, 0.1) is 0 Å². The summed E-state index contributed by atoms with van der Waals surface area (Å²) in [5.41, 5.74) is -2.14. The number of hydroxylamine groups is 2. The van der Waals surface area contributed by atoms with Crippen molar-refractivity contribution in [3.63, 3.8) is 0 Å². The second-order valence-corrected chi connectivity index (χ2v) is 6.96. The van der Waals surface area contributed by atoms with Gasteiger partial charge in [0.2, 0.25) is 0 Å². The maximum Gasteiger partial charge on any atom is 0.251 e. The monoisotopic (exact) mass is 298 g/mol. The molecule has 0 radical (unpaired) electrons. The largest absolute Gasteiger partial charge is 0.312 e. The highest BCUT2D eigenvalue weighted by Crippen LogP contribution is 2.32. The van der Waals surface area contributed by atoms with Gasteiger partial charge in [-0.15, -0.1) is 0 Å². The molecule has 1 heterocycles. The van der Waals surface area contributed by atoms with Crippen LogP contribution in [0.2, 0.25) is 0 Å². The fraction of sp³-hybridized carbons (Fsp3) is 0.875. The molecule has 0 aromatic rings. The first-order valence-corrected chi connectivity index (χ1v) is 8.03. The fourth-order valence-electron chi connectivity index (χ4n) is 2.89. The first-order chi connectivity index (χ1) is 9.67. The number of rotatable bonds is 7. The molecule has 1 aliphatic rings. The van der Waals surface area contributed by atoms with Crippen molar-refractivity contribution in [3.8, 4) is 0 Å². The van der Waals surface area contributed by atoms with Crippen molar-refractivity contribution in [3.05, 3.63) is 0 Å². The molecule has 0 spiro atoms. The molecule has 1 fully saturated rings. The topological polar surface area (TPSA) is 60.9 Å². The molecule has 0 aromatic heterocycles. The maximum atomic E-state index is 12.4. The van der Waals surface area contributed by atoms with Gasteiger partial charge in [-0.05, 0) is 34.1 Å². The predicted octanol–water partition coefficient (Wildman–Crippen LogP) is 2.96. The molecule has 0 saturated carbocycles. The van der Waals surface area contributed by atoms with Gasteiger partial charge in [-0.2, -0.15) is 5.06 Å². The van der Waals surface area contributed by atoms with Gasteiger partial charge >= 0.3 is 0 Å². The molecule has 0 aliphatic carbocycles. The minimum absolute atomic E-state index is 0.317. The van der Waals surface area contributed by atoms with E-state index in [0.717, 1.165) is 24.3 Å². The third-order valence-corrected chi connectivity index (χ3v) is 4.33. The summed E-state index contributed by atoms with van der Waals surface area (Å²) in [5.74, 6) is -0.634. The Morgan fingerprint density at radius 2 is 1.29 bits per heavy atom. The molecule has 2 amide bonds. The minimum Gasteiger partial charge on any atom is -0.312 e. The number of carbonyl (C=O) groups is 2. The van der Waals surface area contributed by atoms with Gasteiger partial charge in [0.1, 0.15) is 11.1 Å². The molecule has 1 saturated heterocycles. The Kier molecular flexibility index (Phi) is 5.93. The van der Waals surface area contributed by atoms with Crippen LogP contribution in [-0.4, -0.2) is 44.6 Å². The Balaban J connectivity index is 2.64. The van der Waals surface area contributed by atoms with Crippen LogP contribution < -0.4 is 0 Å². The standard InChI is InChI=1S/C16H30N2O3/c1-6-7-8-9-10-11-12-17-13(19)15(2,3)18(21)16(4,5)14(17)20/h21H,6-12H2,1-5H3. The van der Waals surface area contributed by atoms with Crippen molar-refractivity contribution >= 4 is 11.8 Å². The van der Waals surface area contributed by atoms with E-state index in [1.54, 1.807) is 27.7 Å². The molecule has 0 unspecified atom stereocenters. The van der Waals surface area contributed by atoms with Gasteiger partial charge in [-0.1, -0.05) is 39.0 Å². The molecule has 21 heavy (non-hydrogen) atoms. The SMILES string of the molecule is CCCCCCCCN1C(=O)C(C)(C)N(O)C(C)(C)C1=O. The third kappa shape index (κ3) is 3.64. The zero-order valence-electron chi connectivity index (χ0n) is 14.1. The van der Waals surface area contributed by atoms with Crippen LogP contribution in [0.1, 0.15) is 73.1 Å². The van der Waals surface area contributed by atoms with Gasteiger partial charge in [-0.25, -0.2) is 0 Å². The van der Waals surface area contributed by atoms with E-state index in [9.17, 15) is 14.8 Å². The third-order valence-electron chi connectivity index (χ3n) is 4.33. The fourth-order valence-corrected chi connectivity index (χ4v) is 2.89. The van der Waals surface area contributed by atoms with E-state index in [0.29, 0.717) is 6.54 Å². The van der Waals surface area contributed by atoms with Crippen LogP contribution in [0.25, 0.3) is 0 Å². The van der Waals surface area contributed by atoms with Crippen LogP contribution in [0.5, 0.6) is 0 Å². The van der Waals surface area contributed by atoms with E-state index < -0.39 is 11.1 Å². The minimum atomic E-state index is -1.07. The summed E-state index contributed by atoms with van der Waals surface area (Å²) in [4.78, 5) is 26.2. The lowest BCUT2D eigenvalue weighted by molar-refractivity contribution is -0.242. The highest BCUT2D eigenvalue weighted by Gasteiger charge is 2.55. The van der Waals surface area contributed by atoms with Crippen molar-refractivity contribution in [1.82, 2.24) is 9.96 Å². The van der Waals surface area contributed by atoms with E-state index in [2.05, 4.69) is 6.92 Å². The summed E-state index contributed by atoms with van der Waals surface area (Å²) in [6.45, 7) is 9.23. The van der Waals surface area contributed by atoms with Crippen LogP contribution in [0.3, 0.4) is 0 Å². The molecule has 0 atom stereocenters. The smallest absolute Gasteiger partial charge is 0.251 e. The van der Waals surface area contributed by atoms with Crippen LogP contribution in [0, 0.1) is 0 Å². The van der Waals surface area contributed by atoms with Crippen molar-refractivity contribution in [2.75, 3.05) is 6.54 Å². The summed E-state index contributed by atoms with van der Waals surface area (Å²) < 4.78 is 0. The van der Waals surface area contributed by atoms with Gasteiger partial charge in [0, 0.05) is 6.54 Å². The maximum absolute atomic E-state index is 12.4. The number of carbonyl (C=O) groups excluding carboxylic acids is 2. The summed E-state index contributed by atoms with van der Waals surface area (Å²) in [6.07, 6.45) is 6.65. The molecule has 122 valence electrons. The molecular formula is C16H30N2O3. The number of amides is 2. The van der Waals surface area contributed by atoms with E-state index in [-0.39, 0.29) is 11.8 Å². The van der Waals surface area contributed by atoms with E-state index in [1.165, 1.54) is 24.2 Å². The zero-order valence-corrected chi connectivity index (χ0v) is 14.1. The lowest BCUT2D eigenvalue weighted by atomic mass is 9.88. The van der Waals surface area contributed by atoms with E-state index >= 15 is 0 Å².